The van der Waals surface area contributed by atoms with Gasteiger partial charge in [0.1, 0.15) is 5.75 Å². The van der Waals surface area contributed by atoms with Gasteiger partial charge in [0.05, 0.1) is 5.69 Å². The standard InChI is InChI=1S/C11H11NO3/c1-7-8(3-2-4-9(7)13)12-10(14)5-6-11(12)15/h2-4,13H,5-6H2,1H3. The molecule has 2 amide bonds. The largest absolute Gasteiger partial charge is 0.508 e. The summed E-state index contributed by atoms with van der Waals surface area (Å²) >= 11 is 0. The van der Waals surface area contributed by atoms with Gasteiger partial charge < -0.3 is 5.11 Å². The molecule has 1 N–H and O–H groups in total. The molecule has 0 atom stereocenters. The molecule has 0 radical (unpaired) electrons. The number of rotatable bonds is 1. The van der Waals surface area contributed by atoms with Crippen LogP contribution in [-0.2, 0) is 9.59 Å². The van der Waals surface area contributed by atoms with E-state index in [2.05, 4.69) is 0 Å². The van der Waals surface area contributed by atoms with Gasteiger partial charge in [0, 0.05) is 18.4 Å². The zero-order chi connectivity index (χ0) is 11.0. The minimum atomic E-state index is -0.200. The molecule has 15 heavy (non-hydrogen) atoms. The molecule has 1 heterocycles. The number of carbonyl (C=O) groups excluding carboxylic acids is 2. The Morgan fingerprint density at radius 2 is 1.80 bits per heavy atom. The van der Waals surface area contributed by atoms with Crippen LogP contribution >= 0.6 is 0 Å². The van der Waals surface area contributed by atoms with Crippen molar-refractivity contribution in [3.63, 3.8) is 0 Å². The first-order chi connectivity index (χ1) is 7.11. The second kappa shape index (κ2) is 3.38. The molecule has 0 saturated carbocycles. The zero-order valence-corrected chi connectivity index (χ0v) is 8.36. The van der Waals surface area contributed by atoms with Gasteiger partial charge in [-0.25, -0.2) is 0 Å². The van der Waals surface area contributed by atoms with Crippen LogP contribution in [0.4, 0.5) is 5.69 Å². The van der Waals surface area contributed by atoms with Crippen LogP contribution in [0, 0.1) is 6.92 Å². The van der Waals surface area contributed by atoms with Crippen LogP contribution in [0.5, 0.6) is 5.75 Å². The van der Waals surface area contributed by atoms with Crippen molar-refractivity contribution in [3.05, 3.63) is 23.8 Å². The maximum Gasteiger partial charge on any atom is 0.234 e. The summed E-state index contributed by atoms with van der Waals surface area (Å²) in [6.07, 6.45) is 0.516. The molecule has 1 aliphatic heterocycles. The molecule has 0 aromatic heterocycles. The third-order valence-corrected chi connectivity index (χ3v) is 2.57. The van der Waals surface area contributed by atoms with Crippen LogP contribution in [0.25, 0.3) is 0 Å². The lowest BCUT2D eigenvalue weighted by molar-refractivity contribution is -0.121. The Hall–Kier alpha value is -1.84. The highest BCUT2D eigenvalue weighted by atomic mass is 16.3. The second-order valence-electron chi connectivity index (χ2n) is 3.54. The first kappa shape index (κ1) is 9.71. The van der Waals surface area contributed by atoms with Gasteiger partial charge >= 0.3 is 0 Å². The molecule has 78 valence electrons. The number of benzene rings is 1. The Balaban J connectivity index is 2.49. The number of anilines is 1. The summed E-state index contributed by atoms with van der Waals surface area (Å²) in [7, 11) is 0. The van der Waals surface area contributed by atoms with Crippen LogP contribution in [-0.4, -0.2) is 16.9 Å². The van der Waals surface area contributed by atoms with Crippen molar-refractivity contribution in [1.29, 1.82) is 0 Å². The molecule has 1 aliphatic rings. The number of carbonyl (C=O) groups is 2. The fraction of sp³-hybridized carbons (Fsp3) is 0.273. The lowest BCUT2D eigenvalue weighted by atomic mass is 10.1. The second-order valence-corrected chi connectivity index (χ2v) is 3.54. The highest BCUT2D eigenvalue weighted by Crippen LogP contribution is 2.30. The number of phenols is 1. The number of imide groups is 1. The summed E-state index contributed by atoms with van der Waals surface area (Å²) in [4.78, 5) is 24.1. The van der Waals surface area contributed by atoms with Crippen molar-refractivity contribution in [2.24, 2.45) is 0 Å². The van der Waals surface area contributed by atoms with E-state index >= 15 is 0 Å². The summed E-state index contributed by atoms with van der Waals surface area (Å²) in [6.45, 7) is 1.68. The van der Waals surface area contributed by atoms with Crippen LogP contribution in [0.1, 0.15) is 18.4 Å². The number of phenolic OH excluding ortho intramolecular Hbond substituents is 1. The third kappa shape index (κ3) is 1.48. The number of hydrogen-bond acceptors (Lipinski definition) is 3. The van der Waals surface area contributed by atoms with Crippen LogP contribution < -0.4 is 4.90 Å². The van der Waals surface area contributed by atoms with E-state index in [4.69, 9.17) is 0 Å². The molecule has 2 rings (SSSR count). The Morgan fingerprint density at radius 1 is 1.20 bits per heavy atom. The highest BCUT2D eigenvalue weighted by Gasteiger charge is 2.31. The average Bonchev–Trinajstić information content (AvgIpc) is 2.52. The maximum atomic E-state index is 11.5. The lowest BCUT2D eigenvalue weighted by Gasteiger charge is -2.16. The number of amides is 2. The third-order valence-electron chi connectivity index (χ3n) is 2.57. The van der Waals surface area contributed by atoms with Crippen molar-refractivity contribution < 1.29 is 14.7 Å². The van der Waals surface area contributed by atoms with Gasteiger partial charge in [0.25, 0.3) is 0 Å². The van der Waals surface area contributed by atoms with E-state index in [-0.39, 0.29) is 30.4 Å². The molecule has 1 aromatic carbocycles. The maximum absolute atomic E-state index is 11.5. The van der Waals surface area contributed by atoms with Crippen LogP contribution in [0.15, 0.2) is 18.2 Å². The normalized spacial score (nSPS) is 16.2. The molecule has 0 spiro atoms. The van der Waals surface area contributed by atoms with Crippen molar-refractivity contribution in [1.82, 2.24) is 0 Å². The van der Waals surface area contributed by atoms with E-state index in [0.717, 1.165) is 4.90 Å². The fourth-order valence-electron chi connectivity index (χ4n) is 1.70. The quantitative estimate of drug-likeness (QED) is 0.704. The smallest absolute Gasteiger partial charge is 0.234 e. The molecule has 1 fully saturated rings. The van der Waals surface area contributed by atoms with E-state index in [1.165, 1.54) is 6.07 Å². The van der Waals surface area contributed by atoms with Gasteiger partial charge in [-0.05, 0) is 19.1 Å². The number of hydrogen-bond donors (Lipinski definition) is 1. The predicted octanol–water partition coefficient (Wildman–Crippen LogP) is 1.35. The zero-order valence-electron chi connectivity index (χ0n) is 8.36. The van der Waals surface area contributed by atoms with E-state index in [0.29, 0.717) is 11.3 Å². The van der Waals surface area contributed by atoms with Crippen LogP contribution in [0.3, 0.4) is 0 Å². The fourth-order valence-corrected chi connectivity index (χ4v) is 1.70. The average molecular weight is 205 g/mol. The van der Waals surface area contributed by atoms with Gasteiger partial charge in [0.15, 0.2) is 0 Å². The van der Waals surface area contributed by atoms with Gasteiger partial charge in [-0.3, -0.25) is 14.5 Å². The summed E-state index contributed by atoms with van der Waals surface area (Å²) in [5.41, 5.74) is 1.05. The molecule has 4 nitrogen and oxygen atoms in total. The van der Waals surface area contributed by atoms with E-state index < -0.39 is 0 Å². The molecule has 1 aromatic rings. The minimum Gasteiger partial charge on any atom is -0.508 e. The Kier molecular flexibility index (Phi) is 2.19. The Morgan fingerprint density at radius 3 is 2.40 bits per heavy atom. The number of aromatic hydroxyl groups is 1. The van der Waals surface area contributed by atoms with Crippen molar-refractivity contribution in [2.75, 3.05) is 4.90 Å². The van der Waals surface area contributed by atoms with Crippen molar-refractivity contribution in [3.8, 4) is 5.75 Å². The summed E-state index contributed by atoms with van der Waals surface area (Å²) in [5, 5.41) is 9.48. The van der Waals surface area contributed by atoms with E-state index in [1.807, 2.05) is 0 Å². The summed E-state index contributed by atoms with van der Waals surface area (Å²) < 4.78 is 0. The topological polar surface area (TPSA) is 57.6 Å². The molecule has 0 aliphatic carbocycles. The first-order valence-electron chi connectivity index (χ1n) is 4.75. The molecule has 1 saturated heterocycles. The summed E-state index contributed by atoms with van der Waals surface area (Å²) in [6, 6.07) is 4.82. The van der Waals surface area contributed by atoms with Crippen LogP contribution in [0.2, 0.25) is 0 Å². The minimum absolute atomic E-state index is 0.0972. The Labute approximate surface area is 87.1 Å². The molecule has 4 heteroatoms. The van der Waals surface area contributed by atoms with Crippen molar-refractivity contribution in [2.45, 2.75) is 19.8 Å². The van der Waals surface area contributed by atoms with Gasteiger partial charge in [-0.15, -0.1) is 0 Å². The predicted molar refractivity (Wildman–Crippen MR) is 54.6 cm³/mol. The first-order valence-corrected chi connectivity index (χ1v) is 4.75. The summed E-state index contributed by atoms with van der Waals surface area (Å²) in [5.74, 6) is -0.303. The van der Waals surface area contributed by atoms with E-state index in [1.54, 1.807) is 19.1 Å². The number of nitrogens with zero attached hydrogens (tertiary/aromatic N) is 1. The Bertz CT molecular complexity index is 423. The van der Waals surface area contributed by atoms with E-state index in [9.17, 15) is 14.7 Å². The lowest BCUT2D eigenvalue weighted by Crippen LogP contribution is -2.29. The van der Waals surface area contributed by atoms with Crippen molar-refractivity contribution >= 4 is 17.5 Å². The molecule has 0 unspecified atom stereocenters. The monoisotopic (exact) mass is 205 g/mol. The van der Waals surface area contributed by atoms with Gasteiger partial charge in [-0.2, -0.15) is 0 Å². The van der Waals surface area contributed by atoms with Gasteiger partial charge in [0.2, 0.25) is 11.8 Å². The molecule has 0 bridgehead atoms. The van der Waals surface area contributed by atoms with Gasteiger partial charge in [-0.1, -0.05) is 6.07 Å². The highest BCUT2D eigenvalue weighted by molar-refractivity contribution is 6.20. The molecular formula is C11H11NO3. The molecular weight excluding hydrogens is 194 g/mol. The SMILES string of the molecule is Cc1c(O)cccc1N1C(=O)CCC1=O.